The number of ether oxygens (including phenoxy) is 2. The first-order chi connectivity index (χ1) is 13.1. The molecule has 0 fully saturated rings. The number of benzene rings is 2. The molecule has 7 heteroatoms. The topological polar surface area (TPSA) is 73.1 Å². The van der Waals surface area contributed by atoms with Crippen molar-refractivity contribution in [2.45, 2.75) is 0 Å². The minimum atomic E-state index is -0.386. The number of carbonyl (C=O) groups is 1. The van der Waals surface area contributed by atoms with Crippen LogP contribution in [-0.2, 0) is 0 Å². The first kappa shape index (κ1) is 18.7. The van der Waals surface area contributed by atoms with Crippen LogP contribution < -0.4 is 14.9 Å². The highest BCUT2D eigenvalue weighted by atomic mass is 79.9. The molecule has 0 aliphatic rings. The molecule has 3 rings (SSSR count). The minimum absolute atomic E-state index is 0.373. The normalized spacial score (nSPS) is 10.8. The van der Waals surface area contributed by atoms with Crippen molar-refractivity contribution in [3.63, 3.8) is 0 Å². The van der Waals surface area contributed by atoms with Crippen molar-refractivity contribution in [2.75, 3.05) is 14.2 Å². The summed E-state index contributed by atoms with van der Waals surface area (Å²) in [5.41, 5.74) is 3.78. The molecule has 0 spiro atoms. The Morgan fingerprint density at radius 3 is 2.33 bits per heavy atom. The number of hydrogen-bond acceptors (Lipinski definition) is 5. The van der Waals surface area contributed by atoms with Gasteiger partial charge in [0, 0.05) is 21.7 Å². The molecule has 0 saturated heterocycles. The van der Waals surface area contributed by atoms with Gasteiger partial charge in [-0.1, -0.05) is 28.1 Å². The fourth-order valence-corrected chi connectivity index (χ4v) is 2.61. The van der Waals surface area contributed by atoms with Crippen LogP contribution in [-0.4, -0.2) is 26.3 Å². The lowest BCUT2D eigenvalue weighted by molar-refractivity contribution is 0.0954. The second kappa shape index (κ2) is 8.55. The number of halogens is 1. The van der Waals surface area contributed by atoms with Crippen LogP contribution in [0, 0.1) is 0 Å². The van der Waals surface area contributed by atoms with Crippen LogP contribution in [0.15, 0.2) is 68.6 Å². The monoisotopic (exact) mass is 428 g/mol. The summed E-state index contributed by atoms with van der Waals surface area (Å²) in [5.74, 6) is 1.90. The smallest absolute Gasteiger partial charge is 0.271 e. The Bertz CT molecular complexity index is 942. The lowest BCUT2D eigenvalue weighted by Gasteiger charge is -2.07. The molecule has 1 amide bonds. The molecule has 2 aromatic carbocycles. The molecule has 0 unspecified atom stereocenters. The Morgan fingerprint density at radius 1 is 1.04 bits per heavy atom. The van der Waals surface area contributed by atoms with Crippen molar-refractivity contribution in [1.82, 2.24) is 5.43 Å². The van der Waals surface area contributed by atoms with Crippen LogP contribution >= 0.6 is 15.9 Å². The van der Waals surface area contributed by atoms with Gasteiger partial charge in [0.25, 0.3) is 5.91 Å². The zero-order valence-corrected chi connectivity index (χ0v) is 16.3. The number of amides is 1. The third-order valence-corrected chi connectivity index (χ3v) is 4.26. The molecule has 1 N–H and O–H groups in total. The molecule has 138 valence electrons. The third kappa shape index (κ3) is 4.77. The summed E-state index contributed by atoms with van der Waals surface area (Å²) in [7, 11) is 3.04. The molecule has 3 aromatic rings. The Labute approximate surface area is 164 Å². The molecule has 0 atom stereocenters. The van der Waals surface area contributed by atoms with Gasteiger partial charge in [-0.25, -0.2) is 5.43 Å². The summed E-state index contributed by atoms with van der Waals surface area (Å²) in [6, 6.07) is 16.3. The summed E-state index contributed by atoms with van der Waals surface area (Å²) in [4.78, 5) is 12.3. The molecule has 0 aliphatic heterocycles. The van der Waals surface area contributed by atoms with Gasteiger partial charge in [0.2, 0.25) is 0 Å². The lowest BCUT2D eigenvalue weighted by atomic mass is 10.2. The second-order valence-electron chi connectivity index (χ2n) is 5.51. The van der Waals surface area contributed by atoms with Crippen LogP contribution in [0.4, 0.5) is 0 Å². The summed E-state index contributed by atoms with van der Waals surface area (Å²) >= 11 is 3.40. The molecule has 0 aliphatic carbocycles. The third-order valence-electron chi connectivity index (χ3n) is 3.73. The van der Waals surface area contributed by atoms with E-state index in [9.17, 15) is 4.79 Å². The van der Waals surface area contributed by atoms with E-state index in [1.54, 1.807) is 24.3 Å². The predicted octanol–water partition coefficient (Wildman–Crippen LogP) is 4.49. The summed E-state index contributed by atoms with van der Waals surface area (Å²) in [5, 5.41) is 3.94. The summed E-state index contributed by atoms with van der Waals surface area (Å²) in [6.45, 7) is 0. The highest BCUT2D eigenvalue weighted by Gasteiger charge is 2.09. The number of nitrogens with zero attached hydrogens (tertiary/aromatic N) is 1. The van der Waals surface area contributed by atoms with Crippen molar-refractivity contribution in [3.05, 3.63) is 70.4 Å². The maximum Gasteiger partial charge on any atom is 0.271 e. The molecule has 0 saturated carbocycles. The average Bonchev–Trinajstić information content (AvgIpc) is 3.16. The van der Waals surface area contributed by atoms with Crippen molar-refractivity contribution in [3.8, 4) is 22.8 Å². The number of hydrazone groups is 1. The van der Waals surface area contributed by atoms with Gasteiger partial charge in [0.1, 0.15) is 23.0 Å². The van der Waals surface area contributed by atoms with Gasteiger partial charge in [0.05, 0.1) is 20.4 Å². The fourth-order valence-electron chi connectivity index (χ4n) is 2.35. The summed E-state index contributed by atoms with van der Waals surface area (Å²) < 4.78 is 17.0. The Balaban J connectivity index is 1.67. The predicted molar refractivity (Wildman–Crippen MR) is 106 cm³/mol. The van der Waals surface area contributed by atoms with Crippen molar-refractivity contribution in [2.24, 2.45) is 5.10 Å². The van der Waals surface area contributed by atoms with E-state index in [2.05, 4.69) is 26.5 Å². The molecule has 1 heterocycles. The SMILES string of the molecule is COc1cc(OC)cc(C(=O)NN=Cc2ccc(-c3ccc(Br)cc3)o2)c1. The van der Waals surface area contributed by atoms with Gasteiger partial charge in [-0.3, -0.25) is 4.79 Å². The number of hydrogen-bond donors (Lipinski definition) is 1. The Hall–Kier alpha value is -3.06. The van der Waals surface area contributed by atoms with Crippen LogP contribution in [0.2, 0.25) is 0 Å². The van der Waals surface area contributed by atoms with Crippen LogP contribution in [0.25, 0.3) is 11.3 Å². The average molecular weight is 429 g/mol. The van der Waals surface area contributed by atoms with Gasteiger partial charge < -0.3 is 13.9 Å². The molecule has 1 aromatic heterocycles. The zero-order valence-electron chi connectivity index (χ0n) is 14.7. The number of carbonyl (C=O) groups excluding carboxylic acids is 1. The largest absolute Gasteiger partial charge is 0.497 e. The van der Waals surface area contributed by atoms with Gasteiger partial charge in [-0.05, 0) is 36.4 Å². The van der Waals surface area contributed by atoms with Gasteiger partial charge in [-0.15, -0.1) is 0 Å². The van der Waals surface area contributed by atoms with Crippen molar-refractivity contribution in [1.29, 1.82) is 0 Å². The van der Waals surface area contributed by atoms with Crippen LogP contribution in [0.5, 0.6) is 11.5 Å². The van der Waals surface area contributed by atoms with E-state index in [1.807, 2.05) is 30.3 Å². The molecule has 0 bridgehead atoms. The standard InChI is InChI=1S/C20H17BrN2O4/c1-25-17-9-14(10-18(11-17)26-2)20(24)23-22-12-16-7-8-19(27-16)13-3-5-15(21)6-4-13/h3-12H,1-2H3,(H,23,24). The maximum atomic E-state index is 12.3. The van der Waals surface area contributed by atoms with E-state index in [1.165, 1.54) is 20.4 Å². The summed E-state index contributed by atoms with van der Waals surface area (Å²) in [6.07, 6.45) is 1.44. The Morgan fingerprint density at radius 2 is 1.70 bits per heavy atom. The number of nitrogens with one attached hydrogen (secondary N) is 1. The van der Waals surface area contributed by atoms with Crippen molar-refractivity contribution < 1.29 is 18.7 Å². The highest BCUT2D eigenvalue weighted by Crippen LogP contribution is 2.24. The van der Waals surface area contributed by atoms with E-state index in [4.69, 9.17) is 13.9 Å². The zero-order chi connectivity index (χ0) is 19.2. The fraction of sp³-hybridized carbons (Fsp3) is 0.100. The van der Waals surface area contributed by atoms with E-state index in [-0.39, 0.29) is 5.91 Å². The molecular formula is C20H17BrN2O4. The van der Waals surface area contributed by atoms with E-state index >= 15 is 0 Å². The van der Waals surface area contributed by atoms with E-state index in [0.29, 0.717) is 28.6 Å². The number of rotatable bonds is 6. The highest BCUT2D eigenvalue weighted by molar-refractivity contribution is 9.10. The van der Waals surface area contributed by atoms with Crippen molar-refractivity contribution >= 4 is 28.1 Å². The van der Waals surface area contributed by atoms with E-state index < -0.39 is 0 Å². The van der Waals surface area contributed by atoms with Gasteiger partial charge >= 0.3 is 0 Å². The van der Waals surface area contributed by atoms with Gasteiger partial charge in [0.15, 0.2) is 0 Å². The quantitative estimate of drug-likeness (QED) is 0.463. The molecule has 6 nitrogen and oxygen atoms in total. The first-order valence-corrected chi connectivity index (χ1v) is 8.80. The van der Waals surface area contributed by atoms with Crippen LogP contribution in [0.1, 0.15) is 16.1 Å². The molecule has 0 radical (unpaired) electrons. The molecular weight excluding hydrogens is 412 g/mol. The van der Waals surface area contributed by atoms with Crippen LogP contribution in [0.3, 0.4) is 0 Å². The van der Waals surface area contributed by atoms with Gasteiger partial charge in [-0.2, -0.15) is 5.10 Å². The lowest BCUT2D eigenvalue weighted by Crippen LogP contribution is -2.17. The van der Waals surface area contributed by atoms with E-state index in [0.717, 1.165) is 10.0 Å². The first-order valence-electron chi connectivity index (χ1n) is 8.01. The number of furan rings is 1. The Kier molecular flexibility index (Phi) is 5.93. The maximum absolute atomic E-state index is 12.3. The molecule has 27 heavy (non-hydrogen) atoms. The minimum Gasteiger partial charge on any atom is -0.497 e. The number of methoxy groups -OCH3 is 2. The second-order valence-corrected chi connectivity index (χ2v) is 6.43.